The number of nitrogens with zero attached hydrogens (tertiary/aromatic N) is 1. The van der Waals surface area contributed by atoms with E-state index in [0.29, 0.717) is 6.20 Å². The van der Waals surface area contributed by atoms with Crippen LogP contribution in [0.25, 0.3) is 0 Å². The van der Waals surface area contributed by atoms with Crippen LogP contribution >= 0.6 is 11.6 Å². The molecule has 130 valence electrons. The Kier molecular flexibility index (Phi) is 7.08. The molecule has 0 spiro atoms. The Balaban J connectivity index is 2.46. The Hall–Kier alpha value is -1.54. The maximum atomic E-state index is 12.5. The van der Waals surface area contributed by atoms with Crippen LogP contribution in [0.3, 0.4) is 0 Å². The van der Waals surface area contributed by atoms with Gasteiger partial charge in [-0.15, -0.1) is 0 Å². The lowest BCUT2D eigenvalue weighted by Crippen LogP contribution is -2.45. The van der Waals surface area contributed by atoms with E-state index in [1.165, 1.54) is 0 Å². The van der Waals surface area contributed by atoms with Gasteiger partial charge in [-0.2, -0.15) is 13.2 Å². The fourth-order valence-corrected chi connectivity index (χ4v) is 1.86. The molecule has 2 unspecified atom stereocenters. The molecule has 0 aliphatic heterocycles. The van der Waals surface area contributed by atoms with E-state index >= 15 is 0 Å². The summed E-state index contributed by atoms with van der Waals surface area (Å²) >= 11 is 5.69. The van der Waals surface area contributed by atoms with Crippen molar-refractivity contribution in [1.29, 1.82) is 0 Å². The fraction of sp³-hybridized carbons (Fsp3) is 0.571. The van der Waals surface area contributed by atoms with Gasteiger partial charge in [-0.25, -0.2) is 4.98 Å². The van der Waals surface area contributed by atoms with Crippen LogP contribution in [0.2, 0.25) is 5.02 Å². The molecule has 1 heterocycles. The van der Waals surface area contributed by atoms with Crippen LogP contribution in [0.1, 0.15) is 25.8 Å². The number of carbonyl (C=O) groups is 1. The molecule has 0 bridgehead atoms. The number of hydrogen-bond donors (Lipinski definition) is 2. The number of alkyl halides is 3. The molecular formula is C14H19ClF3N3O2. The highest BCUT2D eigenvalue weighted by atomic mass is 35.5. The molecule has 0 radical (unpaired) electrons. The third-order valence-electron chi connectivity index (χ3n) is 3.33. The van der Waals surface area contributed by atoms with E-state index in [1.807, 2.05) is 13.8 Å². The van der Waals surface area contributed by atoms with Crippen LogP contribution in [0.4, 0.5) is 13.2 Å². The fourth-order valence-electron chi connectivity index (χ4n) is 1.64. The number of nitrogens with two attached hydrogens (primary N) is 1. The minimum atomic E-state index is -4.52. The average molecular weight is 354 g/mol. The highest BCUT2D eigenvalue weighted by Crippen LogP contribution is 2.32. The maximum absolute atomic E-state index is 12.5. The van der Waals surface area contributed by atoms with Gasteiger partial charge in [0, 0.05) is 6.20 Å². The van der Waals surface area contributed by atoms with Gasteiger partial charge in [0.1, 0.15) is 11.6 Å². The molecule has 0 saturated carbocycles. The van der Waals surface area contributed by atoms with E-state index in [4.69, 9.17) is 22.1 Å². The standard InChI is InChI=1S/C14H19ClF3N3O2/c1-3-8(2)11(19)12(22)20-4-5-23-13-10(15)6-9(7-21-13)14(16,17)18/h6-8,11H,3-5,19H2,1-2H3,(H,20,22). The van der Waals surface area contributed by atoms with Crippen LogP contribution < -0.4 is 15.8 Å². The van der Waals surface area contributed by atoms with Crippen LogP contribution in [-0.4, -0.2) is 30.1 Å². The summed E-state index contributed by atoms with van der Waals surface area (Å²) in [5, 5.41) is 2.34. The van der Waals surface area contributed by atoms with Crippen LogP contribution in [0.15, 0.2) is 12.3 Å². The van der Waals surface area contributed by atoms with Crippen molar-refractivity contribution in [2.24, 2.45) is 11.7 Å². The summed E-state index contributed by atoms with van der Waals surface area (Å²) in [6, 6.07) is 0.120. The smallest absolute Gasteiger partial charge is 0.417 e. The first kappa shape index (κ1) is 19.5. The average Bonchev–Trinajstić information content (AvgIpc) is 2.49. The topological polar surface area (TPSA) is 77.2 Å². The number of carbonyl (C=O) groups excluding carboxylic acids is 1. The Morgan fingerprint density at radius 3 is 2.70 bits per heavy atom. The van der Waals surface area contributed by atoms with E-state index < -0.39 is 17.8 Å². The zero-order valence-corrected chi connectivity index (χ0v) is 13.5. The van der Waals surface area contributed by atoms with E-state index in [-0.39, 0.29) is 35.9 Å². The van der Waals surface area contributed by atoms with Gasteiger partial charge in [-0.3, -0.25) is 4.79 Å². The van der Waals surface area contributed by atoms with Gasteiger partial charge in [-0.05, 0) is 12.0 Å². The van der Waals surface area contributed by atoms with E-state index in [1.54, 1.807) is 0 Å². The SMILES string of the molecule is CCC(C)C(N)C(=O)NCCOc1ncc(C(F)(F)F)cc1Cl. The number of pyridine rings is 1. The van der Waals surface area contributed by atoms with Crippen LogP contribution in [0.5, 0.6) is 5.88 Å². The predicted molar refractivity (Wildman–Crippen MR) is 80.2 cm³/mol. The summed E-state index contributed by atoms with van der Waals surface area (Å²) in [5.41, 5.74) is 4.80. The molecule has 2 atom stereocenters. The third kappa shape index (κ3) is 5.87. The Bertz CT molecular complexity index is 540. The van der Waals surface area contributed by atoms with E-state index in [0.717, 1.165) is 12.5 Å². The lowest BCUT2D eigenvalue weighted by atomic mass is 9.99. The number of aromatic nitrogens is 1. The quantitative estimate of drug-likeness (QED) is 0.739. The molecular weight excluding hydrogens is 335 g/mol. The van der Waals surface area contributed by atoms with Gasteiger partial charge in [-0.1, -0.05) is 31.9 Å². The molecule has 3 N–H and O–H groups in total. The first-order valence-electron chi connectivity index (χ1n) is 7.05. The van der Waals surface area contributed by atoms with Gasteiger partial charge < -0.3 is 15.8 Å². The molecule has 1 aromatic heterocycles. The number of halogens is 4. The van der Waals surface area contributed by atoms with Crippen LogP contribution in [0, 0.1) is 5.92 Å². The summed E-state index contributed by atoms with van der Waals surface area (Å²) in [7, 11) is 0. The van der Waals surface area contributed by atoms with Gasteiger partial charge in [0.05, 0.1) is 18.2 Å². The molecule has 0 aliphatic rings. The number of amides is 1. The second kappa shape index (κ2) is 8.35. The summed E-state index contributed by atoms with van der Waals surface area (Å²) in [6.45, 7) is 3.95. The molecule has 1 rings (SSSR count). The number of nitrogens with one attached hydrogen (secondary N) is 1. The molecule has 0 aromatic carbocycles. The van der Waals surface area contributed by atoms with Gasteiger partial charge in [0.15, 0.2) is 0 Å². The lowest BCUT2D eigenvalue weighted by molar-refractivity contribution is -0.137. The van der Waals surface area contributed by atoms with Crippen molar-refractivity contribution in [2.45, 2.75) is 32.5 Å². The van der Waals surface area contributed by atoms with Crippen molar-refractivity contribution in [3.05, 3.63) is 22.8 Å². The molecule has 1 amide bonds. The minimum absolute atomic E-state index is 0.0110. The first-order valence-corrected chi connectivity index (χ1v) is 7.43. The number of ether oxygens (including phenoxy) is 1. The molecule has 9 heteroatoms. The zero-order chi connectivity index (χ0) is 17.6. The Morgan fingerprint density at radius 1 is 1.52 bits per heavy atom. The van der Waals surface area contributed by atoms with Crippen molar-refractivity contribution in [3.8, 4) is 5.88 Å². The van der Waals surface area contributed by atoms with E-state index in [2.05, 4.69) is 10.3 Å². The van der Waals surface area contributed by atoms with Crippen molar-refractivity contribution in [1.82, 2.24) is 10.3 Å². The second-order valence-electron chi connectivity index (χ2n) is 5.06. The predicted octanol–water partition coefficient (Wildman–Crippen LogP) is 2.62. The molecule has 23 heavy (non-hydrogen) atoms. The summed E-state index contributed by atoms with van der Waals surface area (Å²) in [5.74, 6) is -0.392. The Morgan fingerprint density at radius 2 is 2.17 bits per heavy atom. The van der Waals surface area contributed by atoms with Gasteiger partial charge in [0.25, 0.3) is 0 Å². The number of hydrogen-bond acceptors (Lipinski definition) is 4. The van der Waals surface area contributed by atoms with E-state index in [9.17, 15) is 18.0 Å². The van der Waals surface area contributed by atoms with Crippen molar-refractivity contribution >= 4 is 17.5 Å². The Labute approximate surface area is 137 Å². The highest BCUT2D eigenvalue weighted by Gasteiger charge is 2.31. The van der Waals surface area contributed by atoms with Crippen LogP contribution in [-0.2, 0) is 11.0 Å². The molecule has 0 aliphatic carbocycles. The van der Waals surface area contributed by atoms with Crippen molar-refractivity contribution in [3.63, 3.8) is 0 Å². The summed E-state index contributed by atoms with van der Waals surface area (Å²) in [4.78, 5) is 15.2. The highest BCUT2D eigenvalue weighted by molar-refractivity contribution is 6.31. The maximum Gasteiger partial charge on any atom is 0.417 e. The normalized spacial score (nSPS) is 14.2. The minimum Gasteiger partial charge on any atom is -0.475 e. The zero-order valence-electron chi connectivity index (χ0n) is 12.8. The largest absolute Gasteiger partial charge is 0.475 e. The van der Waals surface area contributed by atoms with Gasteiger partial charge in [0.2, 0.25) is 11.8 Å². The van der Waals surface area contributed by atoms with Gasteiger partial charge >= 0.3 is 6.18 Å². The first-order chi connectivity index (χ1) is 10.7. The molecule has 0 saturated heterocycles. The monoisotopic (exact) mass is 353 g/mol. The summed E-state index contributed by atoms with van der Waals surface area (Å²) < 4.78 is 42.6. The second-order valence-corrected chi connectivity index (χ2v) is 5.47. The molecule has 5 nitrogen and oxygen atoms in total. The number of rotatable bonds is 7. The summed E-state index contributed by atoms with van der Waals surface area (Å²) in [6.07, 6.45) is -3.11. The lowest BCUT2D eigenvalue weighted by Gasteiger charge is -2.17. The van der Waals surface area contributed by atoms with Crippen molar-refractivity contribution < 1.29 is 22.7 Å². The molecule has 1 aromatic rings. The third-order valence-corrected chi connectivity index (χ3v) is 3.61. The molecule has 0 fully saturated rings. The van der Waals surface area contributed by atoms with Crippen molar-refractivity contribution in [2.75, 3.05) is 13.2 Å².